The van der Waals surface area contributed by atoms with Crippen LogP contribution in [-0.4, -0.2) is 20.7 Å². The largest absolute Gasteiger partial charge is 0.477 e. The predicted octanol–water partition coefficient (Wildman–Crippen LogP) is 2.79. The number of fused-ring (bicyclic) bond motifs is 1. The van der Waals surface area contributed by atoms with Gasteiger partial charge in [0, 0.05) is 0 Å². The van der Waals surface area contributed by atoms with Crippen LogP contribution < -0.4 is 11.0 Å². The van der Waals surface area contributed by atoms with Crippen LogP contribution in [0.3, 0.4) is 0 Å². The highest BCUT2D eigenvalue weighted by atomic mass is 32.1. The predicted molar refractivity (Wildman–Crippen MR) is 85.7 cm³/mol. The lowest BCUT2D eigenvalue weighted by Crippen LogP contribution is -2.27. The molecule has 2 aromatic heterocycles. The number of thiophene rings is 1. The van der Waals surface area contributed by atoms with Crippen molar-refractivity contribution in [2.75, 3.05) is 5.43 Å². The molecule has 23 heavy (non-hydrogen) atoms. The van der Waals surface area contributed by atoms with Gasteiger partial charge in [-0.1, -0.05) is 6.07 Å². The quantitative estimate of drug-likeness (QED) is 0.770. The van der Waals surface area contributed by atoms with Crippen LogP contribution in [0.5, 0.6) is 0 Å². The normalized spacial score (nSPS) is 10.9. The molecule has 8 heteroatoms. The Labute approximate surface area is 133 Å². The molecule has 0 aliphatic heterocycles. The van der Waals surface area contributed by atoms with Crippen molar-refractivity contribution in [1.82, 2.24) is 9.66 Å². The molecule has 0 aliphatic carbocycles. The van der Waals surface area contributed by atoms with E-state index in [1.807, 2.05) is 0 Å². The van der Waals surface area contributed by atoms with Crippen molar-refractivity contribution in [3.8, 4) is 0 Å². The average Bonchev–Trinajstić information content (AvgIpc) is 2.82. The molecule has 2 N–H and O–H groups in total. The highest BCUT2D eigenvalue weighted by Gasteiger charge is 2.19. The summed E-state index contributed by atoms with van der Waals surface area (Å²) in [7, 11) is 0. The zero-order valence-corrected chi connectivity index (χ0v) is 13.1. The first-order valence-electron chi connectivity index (χ1n) is 6.65. The molecule has 0 saturated carbocycles. The van der Waals surface area contributed by atoms with E-state index >= 15 is 0 Å². The second-order valence-corrected chi connectivity index (χ2v) is 6.06. The molecular formula is C15H12FN3O3S. The number of benzene rings is 1. The lowest BCUT2D eigenvalue weighted by atomic mass is 10.2. The van der Waals surface area contributed by atoms with Gasteiger partial charge < -0.3 is 5.11 Å². The van der Waals surface area contributed by atoms with Crippen molar-refractivity contribution in [3.63, 3.8) is 0 Å². The molecular weight excluding hydrogens is 321 g/mol. The number of halogens is 1. The lowest BCUT2D eigenvalue weighted by molar-refractivity contribution is 0.0701. The smallest absolute Gasteiger partial charge is 0.346 e. The van der Waals surface area contributed by atoms with Gasteiger partial charge in [-0.2, -0.15) is 0 Å². The first kappa shape index (κ1) is 15.2. The summed E-state index contributed by atoms with van der Waals surface area (Å²) in [5, 5.41) is 9.35. The highest BCUT2D eigenvalue weighted by molar-refractivity contribution is 7.20. The molecule has 2 heterocycles. The van der Waals surface area contributed by atoms with Gasteiger partial charge in [-0.05, 0) is 37.1 Å². The van der Waals surface area contributed by atoms with Gasteiger partial charge in [-0.3, -0.25) is 10.2 Å². The molecule has 1 aromatic carbocycles. The van der Waals surface area contributed by atoms with Crippen LogP contribution in [-0.2, 0) is 0 Å². The van der Waals surface area contributed by atoms with Crippen molar-refractivity contribution < 1.29 is 14.3 Å². The van der Waals surface area contributed by atoms with Crippen LogP contribution in [0.2, 0.25) is 0 Å². The molecule has 0 bridgehead atoms. The summed E-state index contributed by atoms with van der Waals surface area (Å²) in [6.45, 7) is 3.32. The maximum atomic E-state index is 13.9. The Balaban J connectivity index is 2.12. The number of aryl methyl sites for hydroxylation is 2. The third-order valence-electron chi connectivity index (χ3n) is 3.41. The van der Waals surface area contributed by atoms with Crippen LogP contribution in [0.4, 0.5) is 10.1 Å². The number of nitrogens with zero attached hydrogens (tertiary/aromatic N) is 2. The molecule has 118 valence electrons. The van der Waals surface area contributed by atoms with E-state index in [-0.39, 0.29) is 16.0 Å². The van der Waals surface area contributed by atoms with Crippen LogP contribution in [0.15, 0.2) is 29.3 Å². The summed E-state index contributed by atoms with van der Waals surface area (Å²) < 4.78 is 14.9. The SMILES string of the molecule is Cc1ccc(Nn2cnc3sc(C(=O)O)c(C)c3c2=O)c(F)c1. The van der Waals surface area contributed by atoms with Gasteiger partial charge in [0.25, 0.3) is 5.56 Å². The van der Waals surface area contributed by atoms with Crippen molar-refractivity contribution >= 4 is 33.2 Å². The second kappa shape index (κ2) is 5.47. The van der Waals surface area contributed by atoms with E-state index in [1.54, 1.807) is 19.9 Å². The van der Waals surface area contributed by atoms with Gasteiger partial charge in [-0.25, -0.2) is 18.8 Å². The summed E-state index contributed by atoms with van der Waals surface area (Å²) in [4.78, 5) is 28.2. The Morgan fingerprint density at radius 3 is 2.78 bits per heavy atom. The molecule has 0 unspecified atom stereocenters. The molecule has 0 amide bonds. The third kappa shape index (κ3) is 2.57. The number of carboxylic acids is 1. The zero-order valence-electron chi connectivity index (χ0n) is 12.3. The summed E-state index contributed by atoms with van der Waals surface area (Å²) in [6.07, 6.45) is 1.21. The van der Waals surface area contributed by atoms with Gasteiger partial charge in [0.15, 0.2) is 0 Å². The summed E-state index contributed by atoms with van der Waals surface area (Å²) in [5.41, 5.74) is 3.42. The molecule has 0 atom stereocenters. The molecule has 0 radical (unpaired) electrons. The van der Waals surface area contributed by atoms with Crippen LogP contribution >= 0.6 is 11.3 Å². The van der Waals surface area contributed by atoms with Crippen LogP contribution in [0.25, 0.3) is 10.2 Å². The van der Waals surface area contributed by atoms with E-state index in [2.05, 4.69) is 10.4 Å². The number of anilines is 1. The first-order chi connectivity index (χ1) is 10.9. The molecule has 0 spiro atoms. The van der Waals surface area contributed by atoms with E-state index in [0.29, 0.717) is 10.4 Å². The average molecular weight is 333 g/mol. The second-order valence-electron chi connectivity index (χ2n) is 5.06. The minimum absolute atomic E-state index is 0.0730. The van der Waals surface area contributed by atoms with E-state index in [0.717, 1.165) is 21.6 Å². The minimum atomic E-state index is -1.10. The number of hydrogen-bond donors (Lipinski definition) is 2. The molecule has 3 aromatic rings. The van der Waals surface area contributed by atoms with Crippen molar-refractivity contribution in [2.45, 2.75) is 13.8 Å². The lowest BCUT2D eigenvalue weighted by Gasteiger charge is -2.10. The molecule has 3 rings (SSSR count). The van der Waals surface area contributed by atoms with Gasteiger partial charge >= 0.3 is 5.97 Å². The summed E-state index contributed by atoms with van der Waals surface area (Å²) >= 11 is 0.940. The number of aromatic nitrogens is 2. The Bertz CT molecular complexity index is 994. The third-order valence-corrected chi connectivity index (χ3v) is 4.60. The Morgan fingerprint density at radius 1 is 1.39 bits per heavy atom. The zero-order chi connectivity index (χ0) is 16.7. The molecule has 0 saturated heterocycles. The van der Waals surface area contributed by atoms with Gasteiger partial charge in [-0.15, -0.1) is 11.3 Å². The Kier molecular flexibility index (Phi) is 3.61. The standard InChI is InChI=1S/C15H12FN3O3S/c1-7-3-4-10(9(16)5-7)18-19-6-17-13-11(14(19)20)8(2)12(23-13)15(21)22/h3-6,18H,1-2H3,(H,21,22). The number of aromatic carboxylic acids is 1. The van der Waals surface area contributed by atoms with Gasteiger partial charge in [0.05, 0.1) is 11.1 Å². The Hall–Kier alpha value is -2.74. The highest BCUT2D eigenvalue weighted by Crippen LogP contribution is 2.26. The number of hydrogen-bond acceptors (Lipinski definition) is 5. The van der Waals surface area contributed by atoms with Crippen LogP contribution in [0.1, 0.15) is 20.8 Å². The van der Waals surface area contributed by atoms with Crippen molar-refractivity contribution in [2.24, 2.45) is 0 Å². The van der Waals surface area contributed by atoms with E-state index in [4.69, 9.17) is 5.11 Å². The fraction of sp³-hybridized carbons (Fsp3) is 0.133. The maximum absolute atomic E-state index is 13.9. The van der Waals surface area contributed by atoms with E-state index < -0.39 is 17.3 Å². The number of carbonyl (C=O) groups is 1. The van der Waals surface area contributed by atoms with Gasteiger partial charge in [0.2, 0.25) is 0 Å². The fourth-order valence-corrected chi connectivity index (χ4v) is 3.23. The molecule has 0 aliphatic rings. The Morgan fingerprint density at radius 2 is 2.13 bits per heavy atom. The van der Waals surface area contributed by atoms with E-state index in [9.17, 15) is 14.0 Å². The summed E-state index contributed by atoms with van der Waals surface area (Å²) in [5.74, 6) is -1.60. The fourth-order valence-electron chi connectivity index (χ4n) is 2.25. The van der Waals surface area contributed by atoms with Crippen molar-refractivity contribution in [3.05, 3.63) is 56.7 Å². The number of rotatable bonds is 3. The first-order valence-corrected chi connectivity index (χ1v) is 7.47. The van der Waals surface area contributed by atoms with Crippen LogP contribution in [0, 0.1) is 19.7 Å². The minimum Gasteiger partial charge on any atom is -0.477 e. The number of carboxylic acid groups (broad SMARTS) is 1. The number of nitrogens with one attached hydrogen (secondary N) is 1. The van der Waals surface area contributed by atoms with E-state index in [1.165, 1.54) is 18.5 Å². The molecule has 6 nitrogen and oxygen atoms in total. The topological polar surface area (TPSA) is 84.2 Å². The molecule has 0 fully saturated rings. The summed E-state index contributed by atoms with van der Waals surface area (Å²) in [6, 6.07) is 4.57. The van der Waals surface area contributed by atoms with Gasteiger partial charge in [0.1, 0.15) is 21.9 Å². The van der Waals surface area contributed by atoms with Crippen molar-refractivity contribution in [1.29, 1.82) is 0 Å². The maximum Gasteiger partial charge on any atom is 0.346 e. The monoisotopic (exact) mass is 333 g/mol.